The summed E-state index contributed by atoms with van der Waals surface area (Å²) in [5, 5.41) is 0. The molecule has 1 aromatic rings. The fourth-order valence-electron chi connectivity index (χ4n) is 2.33. The molecule has 1 heterocycles. The summed E-state index contributed by atoms with van der Waals surface area (Å²) in [7, 11) is -5.18. The van der Waals surface area contributed by atoms with Gasteiger partial charge in [0.2, 0.25) is 10.0 Å². The second-order valence-corrected chi connectivity index (χ2v) is 9.80. The van der Waals surface area contributed by atoms with Crippen LogP contribution in [0.1, 0.15) is 17.5 Å². The van der Waals surface area contributed by atoms with Crippen molar-refractivity contribution >= 4 is 31.5 Å². The van der Waals surface area contributed by atoms with Crippen LogP contribution < -0.4 is 0 Å². The number of alkyl halides is 1. The predicted molar refractivity (Wildman–Crippen MR) is 83.4 cm³/mol. The third-order valence-electron chi connectivity index (χ3n) is 3.69. The second kappa shape index (κ2) is 6.24. The predicted octanol–water partition coefficient (Wildman–Crippen LogP) is 1.37. The number of sulfone groups is 1. The molecule has 1 unspecified atom stereocenters. The van der Waals surface area contributed by atoms with E-state index in [-0.39, 0.29) is 17.3 Å². The summed E-state index contributed by atoms with van der Waals surface area (Å²) in [6.07, 6.45) is 0.364. The summed E-state index contributed by atoms with van der Waals surface area (Å²) in [6.45, 7) is 0. The van der Waals surface area contributed by atoms with Crippen molar-refractivity contribution in [2.24, 2.45) is 0 Å². The SMILES string of the molecule is CN(C1CCS(=O)(=O)C1)S(=O)(=O)Cc1ccc(CCl)cc1. The molecule has 8 heteroatoms. The summed E-state index contributed by atoms with van der Waals surface area (Å²) < 4.78 is 48.9. The standard InChI is InChI=1S/C13H18ClNO4S2/c1-15(13-6-7-20(16,17)10-13)21(18,19)9-12-4-2-11(8-14)3-5-12/h2-5,13H,6-10H2,1H3. The highest BCUT2D eigenvalue weighted by Crippen LogP contribution is 2.21. The number of hydrogen-bond acceptors (Lipinski definition) is 4. The number of hydrogen-bond donors (Lipinski definition) is 0. The summed E-state index contributed by atoms with van der Waals surface area (Å²) in [4.78, 5) is 0. The normalized spacial score (nSPS) is 21.8. The Bertz CT molecular complexity index is 698. The van der Waals surface area contributed by atoms with Crippen molar-refractivity contribution in [1.82, 2.24) is 4.31 Å². The van der Waals surface area contributed by atoms with Crippen LogP contribution in [0, 0.1) is 0 Å². The largest absolute Gasteiger partial charge is 0.229 e. The zero-order valence-corrected chi connectivity index (χ0v) is 14.1. The van der Waals surface area contributed by atoms with E-state index in [0.717, 1.165) is 5.56 Å². The van der Waals surface area contributed by atoms with Crippen LogP contribution in [0.25, 0.3) is 0 Å². The number of halogens is 1. The van der Waals surface area contributed by atoms with Gasteiger partial charge in [0.05, 0.1) is 17.3 Å². The summed E-state index contributed by atoms with van der Waals surface area (Å²) in [6, 6.07) is 6.58. The molecule has 0 spiro atoms. The highest BCUT2D eigenvalue weighted by atomic mass is 35.5. The lowest BCUT2D eigenvalue weighted by molar-refractivity contribution is 0.393. The second-order valence-electron chi connectivity index (χ2n) is 5.28. The van der Waals surface area contributed by atoms with E-state index in [1.54, 1.807) is 24.3 Å². The zero-order chi connectivity index (χ0) is 15.7. The van der Waals surface area contributed by atoms with Gasteiger partial charge in [-0.05, 0) is 17.5 Å². The first kappa shape index (κ1) is 16.7. The van der Waals surface area contributed by atoms with Gasteiger partial charge in [-0.2, -0.15) is 0 Å². The molecule has 0 radical (unpaired) electrons. The minimum atomic E-state index is -3.53. The lowest BCUT2D eigenvalue weighted by atomic mass is 10.2. The van der Waals surface area contributed by atoms with Crippen molar-refractivity contribution in [2.45, 2.75) is 24.1 Å². The Labute approximate surface area is 130 Å². The van der Waals surface area contributed by atoms with Gasteiger partial charge in [-0.1, -0.05) is 24.3 Å². The van der Waals surface area contributed by atoms with Crippen molar-refractivity contribution < 1.29 is 16.8 Å². The van der Waals surface area contributed by atoms with Gasteiger partial charge in [0, 0.05) is 19.0 Å². The Hall–Kier alpha value is -0.630. The molecule has 1 aromatic carbocycles. The van der Waals surface area contributed by atoms with E-state index in [1.807, 2.05) is 0 Å². The fraction of sp³-hybridized carbons (Fsp3) is 0.538. The van der Waals surface area contributed by atoms with Crippen LogP contribution in [0.15, 0.2) is 24.3 Å². The Balaban J connectivity index is 2.10. The monoisotopic (exact) mass is 351 g/mol. The topological polar surface area (TPSA) is 71.5 Å². The molecular formula is C13H18ClNO4S2. The Morgan fingerprint density at radius 1 is 1.24 bits per heavy atom. The lowest BCUT2D eigenvalue weighted by Gasteiger charge is -2.22. The van der Waals surface area contributed by atoms with Crippen molar-refractivity contribution in [2.75, 3.05) is 18.6 Å². The van der Waals surface area contributed by atoms with Gasteiger partial charge >= 0.3 is 0 Å². The molecule has 0 bridgehead atoms. The van der Waals surface area contributed by atoms with Crippen LogP contribution in [0.2, 0.25) is 0 Å². The maximum atomic E-state index is 12.4. The van der Waals surface area contributed by atoms with Crippen LogP contribution in [-0.4, -0.2) is 45.7 Å². The molecule has 1 fully saturated rings. The molecule has 0 amide bonds. The van der Waals surface area contributed by atoms with Crippen molar-refractivity contribution in [3.05, 3.63) is 35.4 Å². The Kier molecular flexibility index (Phi) is 4.97. The van der Waals surface area contributed by atoms with E-state index in [0.29, 0.717) is 17.9 Å². The molecular weight excluding hydrogens is 334 g/mol. The van der Waals surface area contributed by atoms with E-state index < -0.39 is 25.9 Å². The number of sulfonamides is 1. The molecule has 0 saturated carbocycles. The average Bonchev–Trinajstić information content (AvgIpc) is 2.78. The number of benzene rings is 1. The van der Waals surface area contributed by atoms with E-state index in [2.05, 4.69) is 0 Å². The molecule has 5 nitrogen and oxygen atoms in total. The van der Waals surface area contributed by atoms with E-state index in [1.165, 1.54) is 11.4 Å². The zero-order valence-electron chi connectivity index (χ0n) is 11.7. The van der Waals surface area contributed by atoms with Gasteiger partial charge in [-0.15, -0.1) is 11.6 Å². The Morgan fingerprint density at radius 3 is 2.29 bits per heavy atom. The van der Waals surface area contributed by atoms with E-state index >= 15 is 0 Å². The molecule has 21 heavy (non-hydrogen) atoms. The van der Waals surface area contributed by atoms with Crippen LogP contribution in [0.5, 0.6) is 0 Å². The van der Waals surface area contributed by atoms with E-state index in [4.69, 9.17) is 11.6 Å². The van der Waals surface area contributed by atoms with Gasteiger partial charge in [0.15, 0.2) is 9.84 Å². The summed E-state index contributed by atoms with van der Waals surface area (Å²) in [5.41, 5.74) is 1.59. The minimum absolute atomic E-state index is 0.0575. The molecule has 1 aliphatic heterocycles. The highest BCUT2D eigenvalue weighted by molar-refractivity contribution is 7.92. The van der Waals surface area contributed by atoms with Crippen molar-refractivity contribution in [1.29, 1.82) is 0 Å². The first-order valence-corrected chi connectivity index (χ1v) is 10.5. The quantitative estimate of drug-likeness (QED) is 0.751. The summed E-state index contributed by atoms with van der Waals surface area (Å²) >= 11 is 5.69. The maximum absolute atomic E-state index is 12.4. The van der Waals surface area contributed by atoms with Gasteiger partial charge in [-0.25, -0.2) is 21.1 Å². The van der Waals surface area contributed by atoms with Crippen LogP contribution in [0.3, 0.4) is 0 Å². The first-order valence-electron chi connectivity index (χ1n) is 6.53. The number of rotatable bonds is 5. The molecule has 2 rings (SSSR count). The molecule has 1 aliphatic rings. The van der Waals surface area contributed by atoms with Crippen LogP contribution in [0.4, 0.5) is 0 Å². The van der Waals surface area contributed by atoms with Crippen molar-refractivity contribution in [3.8, 4) is 0 Å². The Morgan fingerprint density at radius 2 is 1.81 bits per heavy atom. The molecule has 0 aliphatic carbocycles. The summed E-state index contributed by atoms with van der Waals surface area (Å²) in [5.74, 6) is 0.214. The van der Waals surface area contributed by atoms with Gasteiger partial charge in [-0.3, -0.25) is 0 Å². The third kappa shape index (κ3) is 4.18. The van der Waals surface area contributed by atoms with Crippen LogP contribution >= 0.6 is 11.6 Å². The third-order valence-corrected chi connectivity index (χ3v) is 7.62. The minimum Gasteiger partial charge on any atom is -0.229 e. The van der Waals surface area contributed by atoms with Gasteiger partial charge < -0.3 is 0 Å². The van der Waals surface area contributed by atoms with E-state index in [9.17, 15) is 16.8 Å². The molecule has 118 valence electrons. The first-order chi connectivity index (χ1) is 9.73. The lowest BCUT2D eigenvalue weighted by Crippen LogP contribution is -2.38. The smallest absolute Gasteiger partial charge is 0.218 e. The molecule has 0 N–H and O–H groups in total. The maximum Gasteiger partial charge on any atom is 0.218 e. The molecule has 1 saturated heterocycles. The van der Waals surface area contributed by atoms with Crippen molar-refractivity contribution in [3.63, 3.8) is 0 Å². The highest BCUT2D eigenvalue weighted by Gasteiger charge is 2.35. The fourth-order valence-corrected chi connectivity index (χ4v) is 5.82. The molecule has 0 aromatic heterocycles. The van der Waals surface area contributed by atoms with Gasteiger partial charge in [0.1, 0.15) is 0 Å². The number of nitrogens with zero attached hydrogens (tertiary/aromatic N) is 1. The molecule has 1 atom stereocenters. The van der Waals surface area contributed by atoms with Gasteiger partial charge in [0.25, 0.3) is 0 Å². The van der Waals surface area contributed by atoms with Crippen LogP contribution in [-0.2, 0) is 31.5 Å². The average molecular weight is 352 g/mol.